The van der Waals surface area contributed by atoms with Crippen LogP contribution in [0.4, 0.5) is 0 Å². The molecule has 0 amide bonds. The van der Waals surface area contributed by atoms with Crippen LogP contribution in [-0.4, -0.2) is 32.9 Å². The number of nitrogens with zero attached hydrogens (tertiary/aromatic N) is 1. The molecule has 0 heterocycles. The Bertz CT molecular complexity index is 589. The molecule has 1 fully saturated rings. The van der Waals surface area contributed by atoms with Crippen LogP contribution in [0.25, 0.3) is 0 Å². The molecule has 0 radical (unpaired) electrons. The van der Waals surface area contributed by atoms with Gasteiger partial charge in [0, 0.05) is 12.8 Å². The summed E-state index contributed by atoms with van der Waals surface area (Å²) in [7, 11) is 4.44. The zero-order valence-corrected chi connectivity index (χ0v) is 13.7. The summed E-state index contributed by atoms with van der Waals surface area (Å²) in [5, 5.41) is 9.42. The summed E-state index contributed by atoms with van der Waals surface area (Å²) in [6, 6.07) is 5.22. The predicted molar refractivity (Wildman–Crippen MR) is 82.9 cm³/mol. The van der Waals surface area contributed by atoms with Gasteiger partial charge in [-0.05, 0) is 25.0 Å². The minimum atomic E-state index is -1.03. The molecule has 0 spiro atoms. The fourth-order valence-electron chi connectivity index (χ4n) is 2.79. The van der Waals surface area contributed by atoms with E-state index in [2.05, 4.69) is 6.07 Å². The zero-order chi connectivity index (χ0) is 16.9. The van der Waals surface area contributed by atoms with Gasteiger partial charge in [0.2, 0.25) is 5.75 Å². The van der Waals surface area contributed by atoms with E-state index in [-0.39, 0.29) is 5.56 Å². The minimum absolute atomic E-state index is 0.264. The fourth-order valence-corrected chi connectivity index (χ4v) is 2.79. The molecule has 0 saturated heterocycles. The van der Waals surface area contributed by atoms with Crippen LogP contribution in [0, 0.1) is 11.3 Å². The number of esters is 1. The topological polar surface area (TPSA) is 77.8 Å². The lowest BCUT2D eigenvalue weighted by Crippen LogP contribution is -2.35. The molecule has 2 rings (SSSR count). The number of benzene rings is 1. The van der Waals surface area contributed by atoms with Gasteiger partial charge in [-0.1, -0.05) is 6.42 Å². The molecule has 23 heavy (non-hydrogen) atoms. The number of hydrogen-bond donors (Lipinski definition) is 0. The number of rotatable bonds is 5. The van der Waals surface area contributed by atoms with Crippen molar-refractivity contribution in [2.24, 2.45) is 0 Å². The first-order chi connectivity index (χ1) is 11.1. The van der Waals surface area contributed by atoms with Crippen LogP contribution in [0.15, 0.2) is 12.1 Å². The van der Waals surface area contributed by atoms with E-state index in [4.69, 9.17) is 18.9 Å². The van der Waals surface area contributed by atoms with Gasteiger partial charge < -0.3 is 18.9 Å². The molecule has 0 aliphatic heterocycles. The standard InChI is InChI=1S/C17H21NO5/c1-20-13-9-12(10-14(21-2)15(13)22-3)16(19)23-17(11-18)7-5-4-6-8-17/h9-10H,4-8H2,1-3H3. The summed E-state index contributed by atoms with van der Waals surface area (Å²) in [6.07, 6.45) is 3.97. The molecule has 1 aromatic carbocycles. The molecule has 1 aromatic rings. The summed E-state index contributed by atoms with van der Waals surface area (Å²) in [5.41, 5.74) is -0.768. The van der Waals surface area contributed by atoms with E-state index < -0.39 is 11.6 Å². The Morgan fingerprint density at radius 1 is 1.04 bits per heavy atom. The van der Waals surface area contributed by atoms with Crippen molar-refractivity contribution in [3.8, 4) is 23.3 Å². The normalized spacial score (nSPS) is 16.1. The third-order valence-corrected chi connectivity index (χ3v) is 4.05. The number of carbonyl (C=O) groups is 1. The van der Waals surface area contributed by atoms with Crippen LogP contribution in [0.2, 0.25) is 0 Å². The first-order valence-corrected chi connectivity index (χ1v) is 7.53. The molecule has 0 aromatic heterocycles. The number of carbonyl (C=O) groups excluding carboxylic acids is 1. The fraction of sp³-hybridized carbons (Fsp3) is 0.529. The van der Waals surface area contributed by atoms with Crippen molar-refractivity contribution < 1.29 is 23.7 Å². The van der Waals surface area contributed by atoms with Crippen molar-refractivity contribution >= 4 is 5.97 Å². The van der Waals surface area contributed by atoms with Crippen LogP contribution >= 0.6 is 0 Å². The molecule has 0 N–H and O–H groups in total. The first kappa shape index (κ1) is 16.9. The first-order valence-electron chi connectivity index (χ1n) is 7.53. The van der Waals surface area contributed by atoms with Gasteiger partial charge in [-0.15, -0.1) is 0 Å². The van der Waals surface area contributed by atoms with Gasteiger partial charge in [-0.25, -0.2) is 4.79 Å². The van der Waals surface area contributed by atoms with Crippen molar-refractivity contribution in [3.63, 3.8) is 0 Å². The summed E-state index contributed by atoms with van der Waals surface area (Å²) < 4.78 is 21.2. The highest BCUT2D eigenvalue weighted by Gasteiger charge is 2.36. The number of ether oxygens (including phenoxy) is 4. The van der Waals surface area contributed by atoms with Gasteiger partial charge in [0.15, 0.2) is 17.1 Å². The van der Waals surface area contributed by atoms with Crippen LogP contribution in [-0.2, 0) is 4.74 Å². The second-order valence-corrected chi connectivity index (χ2v) is 5.47. The average molecular weight is 319 g/mol. The third-order valence-electron chi connectivity index (χ3n) is 4.05. The quantitative estimate of drug-likeness (QED) is 0.776. The van der Waals surface area contributed by atoms with Crippen molar-refractivity contribution in [1.82, 2.24) is 0 Å². The summed E-state index contributed by atoms with van der Waals surface area (Å²) in [6.45, 7) is 0. The zero-order valence-electron chi connectivity index (χ0n) is 13.7. The van der Waals surface area contributed by atoms with Crippen molar-refractivity contribution in [2.75, 3.05) is 21.3 Å². The molecule has 6 nitrogen and oxygen atoms in total. The van der Waals surface area contributed by atoms with E-state index in [1.165, 1.54) is 33.5 Å². The third kappa shape index (κ3) is 3.50. The van der Waals surface area contributed by atoms with Crippen LogP contribution in [0.1, 0.15) is 42.5 Å². The second kappa shape index (κ2) is 7.23. The smallest absolute Gasteiger partial charge is 0.340 e. The summed E-state index contributed by atoms with van der Waals surface area (Å²) >= 11 is 0. The van der Waals surface area contributed by atoms with Crippen molar-refractivity contribution in [3.05, 3.63) is 17.7 Å². The molecular weight excluding hydrogens is 298 g/mol. The van der Waals surface area contributed by atoms with Crippen molar-refractivity contribution in [1.29, 1.82) is 5.26 Å². The molecular formula is C17H21NO5. The Morgan fingerprint density at radius 3 is 2.04 bits per heavy atom. The lowest BCUT2D eigenvalue weighted by molar-refractivity contribution is -0.00774. The SMILES string of the molecule is COc1cc(C(=O)OC2(C#N)CCCCC2)cc(OC)c1OC. The highest BCUT2D eigenvalue weighted by molar-refractivity contribution is 5.91. The maximum absolute atomic E-state index is 12.5. The van der Waals surface area contributed by atoms with Crippen LogP contribution in [0.3, 0.4) is 0 Å². The Labute approximate surface area is 135 Å². The van der Waals surface area contributed by atoms with Gasteiger partial charge in [-0.3, -0.25) is 0 Å². The van der Waals surface area contributed by atoms with Crippen LogP contribution < -0.4 is 14.2 Å². The molecule has 6 heteroatoms. The average Bonchev–Trinajstić information content (AvgIpc) is 2.60. The van der Waals surface area contributed by atoms with Crippen molar-refractivity contribution in [2.45, 2.75) is 37.7 Å². The van der Waals surface area contributed by atoms with E-state index in [9.17, 15) is 10.1 Å². The van der Waals surface area contributed by atoms with Gasteiger partial charge in [0.25, 0.3) is 0 Å². The molecule has 0 atom stereocenters. The monoisotopic (exact) mass is 319 g/mol. The predicted octanol–water partition coefficient (Wildman–Crippen LogP) is 3.10. The van der Waals surface area contributed by atoms with Gasteiger partial charge in [0.05, 0.1) is 26.9 Å². The molecule has 1 aliphatic carbocycles. The highest BCUT2D eigenvalue weighted by Crippen LogP contribution is 2.39. The van der Waals surface area contributed by atoms with Crippen LogP contribution in [0.5, 0.6) is 17.2 Å². The second-order valence-electron chi connectivity index (χ2n) is 5.47. The van der Waals surface area contributed by atoms with Gasteiger partial charge in [0.1, 0.15) is 6.07 Å². The minimum Gasteiger partial charge on any atom is -0.493 e. The number of hydrogen-bond acceptors (Lipinski definition) is 6. The largest absolute Gasteiger partial charge is 0.493 e. The Kier molecular flexibility index (Phi) is 5.32. The van der Waals surface area contributed by atoms with E-state index in [0.717, 1.165) is 19.3 Å². The Hall–Kier alpha value is -2.42. The number of methoxy groups -OCH3 is 3. The maximum atomic E-state index is 12.5. The van der Waals surface area contributed by atoms with E-state index >= 15 is 0 Å². The highest BCUT2D eigenvalue weighted by atomic mass is 16.6. The molecule has 1 aliphatic rings. The Balaban J connectivity index is 2.30. The van der Waals surface area contributed by atoms with Gasteiger partial charge >= 0.3 is 5.97 Å². The Morgan fingerprint density at radius 2 is 1.61 bits per heavy atom. The lowest BCUT2D eigenvalue weighted by atomic mass is 9.86. The van der Waals surface area contributed by atoms with E-state index in [0.29, 0.717) is 30.1 Å². The summed E-state index contributed by atoms with van der Waals surface area (Å²) in [5.74, 6) is 0.578. The molecule has 0 unspecified atom stereocenters. The van der Waals surface area contributed by atoms with E-state index in [1.807, 2.05) is 0 Å². The lowest BCUT2D eigenvalue weighted by Gasteiger charge is -2.30. The molecule has 124 valence electrons. The molecule has 0 bridgehead atoms. The maximum Gasteiger partial charge on any atom is 0.340 e. The summed E-state index contributed by atoms with van der Waals surface area (Å²) in [4.78, 5) is 12.5. The number of nitriles is 1. The molecule has 1 saturated carbocycles. The van der Waals surface area contributed by atoms with Gasteiger partial charge in [-0.2, -0.15) is 5.26 Å². The van der Waals surface area contributed by atoms with E-state index in [1.54, 1.807) is 0 Å².